The quantitative estimate of drug-likeness (QED) is 0.284. The van der Waals surface area contributed by atoms with E-state index in [4.69, 9.17) is 21.0 Å². The molecule has 0 N–H and O–H groups in total. The number of nitrogens with zero attached hydrogens (tertiary/aromatic N) is 4. The van der Waals surface area contributed by atoms with Gasteiger partial charge in [-0.05, 0) is 55.3 Å². The second kappa shape index (κ2) is 8.37. The Kier molecular flexibility index (Phi) is 5.69. The molecule has 0 saturated heterocycles. The number of imidazole rings is 1. The first-order chi connectivity index (χ1) is 13.6. The average molecular weight is 413 g/mol. The fraction of sp³-hybridized carbons (Fsp3) is 0.286. The molecule has 0 aliphatic heterocycles. The van der Waals surface area contributed by atoms with Gasteiger partial charge in [-0.25, -0.2) is 4.98 Å². The van der Waals surface area contributed by atoms with Crippen molar-refractivity contribution in [3.8, 4) is 11.5 Å². The highest BCUT2D eigenvalue weighted by molar-refractivity contribution is 7.99. The van der Waals surface area contributed by atoms with Gasteiger partial charge >= 0.3 is 0 Å². The Morgan fingerprint density at radius 2 is 1.93 bits per heavy atom. The second-order valence-corrected chi connectivity index (χ2v) is 8.09. The Hall–Kier alpha value is -2.31. The first-order valence-corrected chi connectivity index (χ1v) is 10.7. The fourth-order valence-electron chi connectivity index (χ4n) is 3.16. The lowest BCUT2D eigenvalue weighted by Crippen LogP contribution is -2.04. The summed E-state index contributed by atoms with van der Waals surface area (Å²) in [6.45, 7) is 5.19. The lowest BCUT2D eigenvalue weighted by molar-refractivity contribution is 0.465. The molecule has 0 unspecified atom stereocenters. The van der Waals surface area contributed by atoms with Crippen molar-refractivity contribution in [2.24, 2.45) is 0 Å². The van der Waals surface area contributed by atoms with Crippen molar-refractivity contribution in [2.75, 3.05) is 5.75 Å². The summed E-state index contributed by atoms with van der Waals surface area (Å²) in [5, 5.41) is 9.54. The molecule has 28 heavy (non-hydrogen) atoms. The van der Waals surface area contributed by atoms with E-state index >= 15 is 0 Å². The van der Waals surface area contributed by atoms with Gasteiger partial charge < -0.3 is 8.98 Å². The summed E-state index contributed by atoms with van der Waals surface area (Å²) >= 11 is 7.50. The van der Waals surface area contributed by atoms with Crippen LogP contribution in [-0.4, -0.2) is 25.5 Å². The van der Waals surface area contributed by atoms with Gasteiger partial charge in [0.25, 0.3) is 5.22 Å². The maximum atomic E-state index is 5.92. The van der Waals surface area contributed by atoms with Crippen LogP contribution in [0, 0.1) is 6.92 Å². The lowest BCUT2D eigenvalue weighted by Gasteiger charge is -2.07. The molecule has 4 rings (SSSR count). The highest BCUT2D eigenvalue weighted by Crippen LogP contribution is 2.25. The molecular formula is C21H21ClN4OS. The van der Waals surface area contributed by atoms with Crippen LogP contribution in [0.5, 0.6) is 0 Å². The van der Waals surface area contributed by atoms with E-state index in [0.29, 0.717) is 16.1 Å². The predicted octanol–water partition coefficient (Wildman–Crippen LogP) is 5.79. The molecule has 0 spiro atoms. The predicted molar refractivity (Wildman–Crippen MR) is 114 cm³/mol. The standard InChI is InChI=1S/C21H21ClN4OS/c1-3-19-23-17-10-5-14(2)13-18(17)26(19)11-4-12-28-21-25-24-20(27-21)15-6-8-16(22)9-7-15/h5-10,13H,3-4,11-12H2,1-2H3. The van der Waals surface area contributed by atoms with E-state index in [1.165, 1.54) is 11.1 Å². The van der Waals surface area contributed by atoms with Crippen LogP contribution >= 0.6 is 23.4 Å². The van der Waals surface area contributed by atoms with Gasteiger partial charge in [-0.3, -0.25) is 0 Å². The second-order valence-electron chi connectivity index (χ2n) is 6.61. The number of halogens is 1. The minimum atomic E-state index is 0.517. The Labute approximate surface area is 173 Å². The van der Waals surface area contributed by atoms with Crippen molar-refractivity contribution in [2.45, 2.75) is 38.5 Å². The van der Waals surface area contributed by atoms with E-state index in [1.807, 2.05) is 24.3 Å². The van der Waals surface area contributed by atoms with Crippen molar-refractivity contribution >= 4 is 34.4 Å². The Morgan fingerprint density at radius 3 is 2.71 bits per heavy atom. The Morgan fingerprint density at radius 1 is 1.11 bits per heavy atom. The smallest absolute Gasteiger partial charge is 0.276 e. The number of hydrogen-bond acceptors (Lipinski definition) is 5. The van der Waals surface area contributed by atoms with Crippen LogP contribution < -0.4 is 0 Å². The van der Waals surface area contributed by atoms with Gasteiger partial charge in [0, 0.05) is 29.3 Å². The minimum absolute atomic E-state index is 0.517. The highest BCUT2D eigenvalue weighted by atomic mass is 35.5. The first-order valence-electron chi connectivity index (χ1n) is 9.32. The van der Waals surface area contributed by atoms with Crippen molar-refractivity contribution < 1.29 is 4.42 Å². The molecule has 7 heteroatoms. The van der Waals surface area contributed by atoms with Gasteiger partial charge in [-0.1, -0.05) is 36.4 Å². The lowest BCUT2D eigenvalue weighted by atomic mass is 10.2. The molecule has 4 aromatic rings. The summed E-state index contributed by atoms with van der Waals surface area (Å²) in [5.74, 6) is 2.55. The third-order valence-electron chi connectivity index (χ3n) is 4.55. The van der Waals surface area contributed by atoms with Gasteiger partial charge in [0.2, 0.25) is 5.89 Å². The molecule has 2 aromatic heterocycles. The van der Waals surface area contributed by atoms with E-state index in [-0.39, 0.29) is 0 Å². The normalized spacial score (nSPS) is 11.4. The van der Waals surface area contributed by atoms with E-state index in [1.54, 1.807) is 11.8 Å². The number of benzene rings is 2. The maximum Gasteiger partial charge on any atom is 0.276 e. The molecular weight excluding hydrogens is 392 g/mol. The summed E-state index contributed by atoms with van der Waals surface area (Å²) in [5.41, 5.74) is 4.41. The Balaban J connectivity index is 1.38. The SMILES string of the molecule is CCc1nc2ccc(C)cc2n1CCCSc1nnc(-c2ccc(Cl)cc2)o1. The third-order valence-corrected chi connectivity index (χ3v) is 5.70. The van der Waals surface area contributed by atoms with Gasteiger partial charge in [0.15, 0.2) is 0 Å². The molecule has 0 aliphatic rings. The molecule has 0 radical (unpaired) electrons. The van der Waals surface area contributed by atoms with Crippen LogP contribution in [-0.2, 0) is 13.0 Å². The van der Waals surface area contributed by atoms with E-state index < -0.39 is 0 Å². The van der Waals surface area contributed by atoms with Crippen LogP contribution in [0.1, 0.15) is 24.7 Å². The maximum absolute atomic E-state index is 5.92. The zero-order valence-electron chi connectivity index (χ0n) is 15.9. The number of aromatic nitrogens is 4. The monoisotopic (exact) mass is 412 g/mol. The molecule has 2 heterocycles. The van der Waals surface area contributed by atoms with Crippen molar-refractivity contribution in [3.05, 3.63) is 58.9 Å². The number of hydrogen-bond donors (Lipinski definition) is 0. The zero-order valence-corrected chi connectivity index (χ0v) is 17.4. The molecule has 0 aliphatic carbocycles. The largest absolute Gasteiger partial charge is 0.411 e. The van der Waals surface area contributed by atoms with Gasteiger partial charge in [0.05, 0.1) is 11.0 Å². The molecule has 0 bridgehead atoms. The summed E-state index contributed by atoms with van der Waals surface area (Å²) in [7, 11) is 0. The van der Waals surface area contributed by atoms with Crippen LogP contribution in [0.2, 0.25) is 5.02 Å². The van der Waals surface area contributed by atoms with Crippen LogP contribution in [0.15, 0.2) is 52.1 Å². The molecule has 0 atom stereocenters. The molecule has 2 aromatic carbocycles. The number of aryl methyl sites for hydroxylation is 3. The van der Waals surface area contributed by atoms with E-state index in [9.17, 15) is 0 Å². The molecule has 0 fully saturated rings. The minimum Gasteiger partial charge on any atom is -0.411 e. The van der Waals surface area contributed by atoms with Crippen LogP contribution in [0.4, 0.5) is 0 Å². The van der Waals surface area contributed by atoms with Gasteiger partial charge in [-0.15, -0.1) is 10.2 Å². The molecule has 0 amide bonds. The van der Waals surface area contributed by atoms with E-state index in [0.717, 1.165) is 42.0 Å². The molecule has 5 nitrogen and oxygen atoms in total. The zero-order chi connectivity index (χ0) is 19.5. The third kappa shape index (κ3) is 4.08. The van der Waals surface area contributed by atoms with Crippen molar-refractivity contribution in [1.29, 1.82) is 0 Å². The van der Waals surface area contributed by atoms with Crippen molar-refractivity contribution in [3.63, 3.8) is 0 Å². The van der Waals surface area contributed by atoms with Gasteiger partial charge in [0.1, 0.15) is 5.82 Å². The molecule has 144 valence electrons. The first kappa shape index (κ1) is 19.0. The van der Waals surface area contributed by atoms with E-state index in [2.05, 4.69) is 46.8 Å². The van der Waals surface area contributed by atoms with Crippen LogP contribution in [0.25, 0.3) is 22.5 Å². The summed E-state index contributed by atoms with van der Waals surface area (Å²) in [6, 6.07) is 13.8. The summed E-state index contributed by atoms with van der Waals surface area (Å²) in [6.07, 6.45) is 1.92. The number of fused-ring (bicyclic) bond motifs is 1. The van der Waals surface area contributed by atoms with Gasteiger partial charge in [-0.2, -0.15) is 0 Å². The topological polar surface area (TPSA) is 56.7 Å². The molecule has 0 saturated carbocycles. The number of thioether (sulfide) groups is 1. The fourth-order valence-corrected chi connectivity index (χ4v) is 3.97. The Bertz CT molecular complexity index is 1090. The number of rotatable bonds is 7. The van der Waals surface area contributed by atoms with Crippen molar-refractivity contribution in [1.82, 2.24) is 19.7 Å². The summed E-state index contributed by atoms with van der Waals surface area (Å²) in [4.78, 5) is 4.76. The average Bonchev–Trinajstić information content (AvgIpc) is 3.30. The van der Waals surface area contributed by atoms with Crippen LogP contribution in [0.3, 0.4) is 0 Å². The summed E-state index contributed by atoms with van der Waals surface area (Å²) < 4.78 is 8.09. The highest BCUT2D eigenvalue weighted by Gasteiger charge is 2.11.